The van der Waals surface area contributed by atoms with Gasteiger partial charge in [0.15, 0.2) is 0 Å². The van der Waals surface area contributed by atoms with Crippen LogP contribution in [-0.2, 0) is 4.79 Å². The van der Waals surface area contributed by atoms with Crippen LogP contribution >= 0.6 is 0 Å². The van der Waals surface area contributed by atoms with Crippen molar-refractivity contribution in [3.63, 3.8) is 0 Å². The average Bonchev–Trinajstić information content (AvgIpc) is 2.54. The highest BCUT2D eigenvalue weighted by molar-refractivity contribution is 6.04. The van der Waals surface area contributed by atoms with E-state index in [4.69, 9.17) is 0 Å². The van der Waals surface area contributed by atoms with Crippen molar-refractivity contribution in [2.24, 2.45) is 0 Å². The number of hydrogen-bond acceptors (Lipinski definition) is 3. The van der Waals surface area contributed by atoms with Gasteiger partial charge >= 0.3 is 0 Å². The number of nitrogens with one attached hydrogen (secondary N) is 3. The predicted octanol–water partition coefficient (Wildman–Crippen LogP) is 2.86. The molecule has 0 saturated carbocycles. The summed E-state index contributed by atoms with van der Waals surface area (Å²) in [7, 11) is 0. The third kappa shape index (κ3) is 4.71. The Morgan fingerprint density at radius 1 is 0.870 bits per heavy atom. The Kier molecular flexibility index (Phi) is 5.15. The molecule has 0 aliphatic heterocycles. The van der Waals surface area contributed by atoms with Crippen molar-refractivity contribution in [2.75, 3.05) is 5.32 Å². The van der Waals surface area contributed by atoms with E-state index in [1.165, 1.54) is 6.92 Å². The SMILES string of the molecule is C=C(NNC(C)=O)c1ccc(NC(=O)c2ccc(C)cc2)cc1. The van der Waals surface area contributed by atoms with Gasteiger partial charge in [-0.15, -0.1) is 0 Å². The molecule has 0 fully saturated rings. The normalized spacial score (nSPS) is 9.83. The Morgan fingerprint density at radius 2 is 1.43 bits per heavy atom. The van der Waals surface area contributed by atoms with Crippen LogP contribution in [0.1, 0.15) is 28.4 Å². The molecule has 0 spiro atoms. The molecule has 2 aromatic carbocycles. The summed E-state index contributed by atoms with van der Waals surface area (Å²) in [6.45, 7) is 7.21. The third-order valence-electron chi connectivity index (χ3n) is 3.19. The minimum Gasteiger partial charge on any atom is -0.322 e. The molecule has 2 amide bonds. The minimum absolute atomic E-state index is 0.159. The smallest absolute Gasteiger partial charge is 0.255 e. The Labute approximate surface area is 135 Å². The van der Waals surface area contributed by atoms with Gasteiger partial charge < -0.3 is 5.32 Å². The van der Waals surface area contributed by atoms with Crippen LogP contribution in [0.4, 0.5) is 5.69 Å². The number of carbonyl (C=O) groups excluding carboxylic acids is 2. The summed E-state index contributed by atoms with van der Waals surface area (Å²) in [6.07, 6.45) is 0. The molecule has 0 atom stereocenters. The topological polar surface area (TPSA) is 70.2 Å². The Hall–Kier alpha value is -3.08. The number of anilines is 1. The zero-order chi connectivity index (χ0) is 16.8. The molecule has 5 nitrogen and oxygen atoms in total. The van der Waals surface area contributed by atoms with Gasteiger partial charge in [-0.1, -0.05) is 36.4 Å². The molecule has 3 N–H and O–H groups in total. The van der Waals surface area contributed by atoms with Crippen LogP contribution in [0, 0.1) is 6.92 Å². The van der Waals surface area contributed by atoms with Crippen molar-refractivity contribution in [3.05, 3.63) is 71.8 Å². The highest BCUT2D eigenvalue weighted by Gasteiger charge is 2.06. The molecular weight excluding hydrogens is 290 g/mol. The first-order chi connectivity index (χ1) is 11.0. The van der Waals surface area contributed by atoms with Gasteiger partial charge in [-0.3, -0.25) is 20.4 Å². The molecule has 118 valence electrons. The molecule has 0 aliphatic carbocycles. The quantitative estimate of drug-likeness (QED) is 0.744. The number of amides is 2. The van der Waals surface area contributed by atoms with E-state index in [0.29, 0.717) is 16.9 Å². The highest BCUT2D eigenvalue weighted by atomic mass is 16.2. The van der Waals surface area contributed by atoms with Gasteiger partial charge in [0.05, 0.1) is 5.70 Å². The lowest BCUT2D eigenvalue weighted by Crippen LogP contribution is -2.33. The summed E-state index contributed by atoms with van der Waals surface area (Å²) < 4.78 is 0. The van der Waals surface area contributed by atoms with Crippen molar-refractivity contribution < 1.29 is 9.59 Å². The van der Waals surface area contributed by atoms with Crippen LogP contribution in [-0.4, -0.2) is 11.8 Å². The maximum Gasteiger partial charge on any atom is 0.255 e. The van der Waals surface area contributed by atoms with E-state index in [-0.39, 0.29) is 11.8 Å². The molecule has 0 radical (unpaired) electrons. The third-order valence-corrected chi connectivity index (χ3v) is 3.19. The molecule has 23 heavy (non-hydrogen) atoms. The van der Waals surface area contributed by atoms with E-state index in [9.17, 15) is 9.59 Å². The van der Waals surface area contributed by atoms with Crippen molar-refractivity contribution in [1.29, 1.82) is 0 Å². The Balaban J connectivity index is 1.99. The molecule has 2 rings (SSSR count). The first-order valence-electron chi connectivity index (χ1n) is 7.15. The van der Waals surface area contributed by atoms with Crippen LogP contribution in [0.25, 0.3) is 5.70 Å². The van der Waals surface area contributed by atoms with Crippen LogP contribution in [0.3, 0.4) is 0 Å². The molecule has 2 aromatic rings. The zero-order valence-corrected chi connectivity index (χ0v) is 13.1. The largest absolute Gasteiger partial charge is 0.322 e. The number of hydrazine groups is 1. The summed E-state index contributed by atoms with van der Waals surface area (Å²) >= 11 is 0. The molecule has 0 aromatic heterocycles. The molecule has 0 heterocycles. The summed E-state index contributed by atoms with van der Waals surface area (Å²) in [5.41, 5.74) is 8.95. The van der Waals surface area contributed by atoms with Gasteiger partial charge in [-0.25, -0.2) is 0 Å². The molecule has 0 aliphatic rings. The van der Waals surface area contributed by atoms with Crippen molar-refractivity contribution in [3.8, 4) is 0 Å². The molecule has 0 bridgehead atoms. The Morgan fingerprint density at radius 3 is 2.00 bits per heavy atom. The van der Waals surface area contributed by atoms with Gasteiger partial charge in [-0.2, -0.15) is 0 Å². The number of rotatable bonds is 5. The standard InChI is InChI=1S/C18H19N3O2/c1-12-4-6-16(7-5-12)18(23)19-17-10-8-15(9-11-17)13(2)20-21-14(3)22/h4-11,20H,2H2,1,3H3,(H,19,23)(H,21,22). The van der Waals surface area contributed by atoms with Crippen molar-refractivity contribution >= 4 is 23.2 Å². The number of benzene rings is 2. The fraction of sp³-hybridized carbons (Fsp3) is 0.111. The van der Waals surface area contributed by atoms with E-state index in [2.05, 4.69) is 22.7 Å². The van der Waals surface area contributed by atoms with Crippen LogP contribution in [0.2, 0.25) is 0 Å². The first-order valence-corrected chi connectivity index (χ1v) is 7.15. The first kappa shape index (κ1) is 16.3. The van der Waals surface area contributed by atoms with E-state index < -0.39 is 0 Å². The number of hydrogen-bond donors (Lipinski definition) is 3. The second-order valence-corrected chi connectivity index (χ2v) is 5.18. The number of carbonyl (C=O) groups is 2. The minimum atomic E-state index is -0.201. The van der Waals surface area contributed by atoms with Gasteiger partial charge in [0.25, 0.3) is 5.91 Å². The lowest BCUT2D eigenvalue weighted by atomic mass is 10.1. The summed E-state index contributed by atoms with van der Waals surface area (Å²) in [5.74, 6) is -0.360. The lowest BCUT2D eigenvalue weighted by Gasteiger charge is -2.11. The lowest BCUT2D eigenvalue weighted by molar-refractivity contribution is -0.119. The maximum atomic E-state index is 12.1. The summed E-state index contributed by atoms with van der Waals surface area (Å²) in [5, 5.41) is 2.84. The number of aryl methyl sites for hydroxylation is 1. The van der Waals surface area contributed by atoms with Gasteiger partial charge in [0.1, 0.15) is 0 Å². The van der Waals surface area contributed by atoms with E-state index in [1.54, 1.807) is 24.3 Å². The van der Waals surface area contributed by atoms with Crippen molar-refractivity contribution in [1.82, 2.24) is 10.9 Å². The molecule has 5 heteroatoms. The molecule has 0 saturated heterocycles. The fourth-order valence-corrected chi connectivity index (χ4v) is 1.90. The van der Waals surface area contributed by atoms with Crippen LogP contribution < -0.4 is 16.2 Å². The zero-order valence-electron chi connectivity index (χ0n) is 13.1. The monoisotopic (exact) mass is 309 g/mol. The van der Waals surface area contributed by atoms with Crippen molar-refractivity contribution in [2.45, 2.75) is 13.8 Å². The Bertz CT molecular complexity index is 719. The molecule has 0 unspecified atom stereocenters. The van der Waals surface area contributed by atoms with Gasteiger partial charge in [-0.05, 0) is 36.8 Å². The summed E-state index contributed by atoms with van der Waals surface area (Å²) in [6, 6.07) is 14.6. The average molecular weight is 309 g/mol. The fourth-order valence-electron chi connectivity index (χ4n) is 1.90. The van der Waals surface area contributed by atoms with Crippen LogP contribution in [0.5, 0.6) is 0 Å². The van der Waals surface area contributed by atoms with E-state index in [0.717, 1.165) is 11.1 Å². The summed E-state index contributed by atoms with van der Waals surface area (Å²) in [4.78, 5) is 23.0. The maximum absolute atomic E-state index is 12.1. The molecular formula is C18H19N3O2. The van der Waals surface area contributed by atoms with Gasteiger partial charge in [0.2, 0.25) is 5.91 Å². The highest BCUT2D eigenvalue weighted by Crippen LogP contribution is 2.15. The predicted molar refractivity (Wildman–Crippen MR) is 91.6 cm³/mol. The van der Waals surface area contributed by atoms with Gasteiger partial charge in [0, 0.05) is 18.2 Å². The van der Waals surface area contributed by atoms with E-state index in [1.807, 2.05) is 31.2 Å². The van der Waals surface area contributed by atoms with Crippen LogP contribution in [0.15, 0.2) is 55.1 Å². The second-order valence-electron chi connectivity index (χ2n) is 5.18. The van der Waals surface area contributed by atoms with E-state index >= 15 is 0 Å². The second kappa shape index (κ2) is 7.26.